The molecule has 0 spiro atoms. The molecule has 0 amide bonds. The van der Waals surface area contributed by atoms with E-state index >= 15 is 0 Å². The first-order valence-electron chi connectivity index (χ1n) is 7.27. The Kier molecular flexibility index (Phi) is 5.66. The molecule has 0 aromatic rings. The Bertz CT molecular complexity index is 349. The fourth-order valence-corrected chi connectivity index (χ4v) is 13.2. The van der Waals surface area contributed by atoms with Gasteiger partial charge in [-0.1, -0.05) is 0 Å². The van der Waals surface area contributed by atoms with Crippen LogP contribution in [-0.2, 0) is 0 Å². The molecule has 0 unspecified atom stereocenters. The molecular formula is C12H22N6Te. The first-order chi connectivity index (χ1) is 9.33. The molecule has 0 radical (unpaired) electrons. The van der Waals surface area contributed by atoms with Crippen molar-refractivity contribution in [2.45, 2.75) is 72.1 Å². The maximum atomic E-state index is 9.01. The average Bonchev–Trinajstić information content (AvgIpc) is 2.49. The number of nitrogens with zero attached hydrogens (tertiary/aromatic N) is 6. The first-order valence-corrected chi connectivity index (χ1v) is 12.0. The topological polar surface area (TPSA) is 97.5 Å². The molecule has 0 N–H and O–H groups in total. The van der Waals surface area contributed by atoms with Crippen LogP contribution >= 0.6 is 0 Å². The minimum absolute atomic E-state index is 0.423. The molecule has 0 atom stereocenters. The maximum absolute atomic E-state index is 9.01. The second-order valence-electron chi connectivity index (χ2n) is 5.50. The Hall–Kier alpha value is -0.590. The molecule has 19 heavy (non-hydrogen) atoms. The second-order valence-corrected chi connectivity index (χ2v) is 13.9. The molecule has 2 rings (SSSR count). The predicted molar refractivity (Wildman–Crippen MR) is 77.7 cm³/mol. The van der Waals surface area contributed by atoms with E-state index in [1.165, 1.54) is 38.5 Å². The van der Waals surface area contributed by atoms with E-state index in [1.807, 2.05) is 0 Å². The molecule has 2 fully saturated rings. The fourth-order valence-electron chi connectivity index (χ4n) is 3.50. The van der Waals surface area contributed by atoms with Crippen molar-refractivity contribution in [3.63, 3.8) is 0 Å². The van der Waals surface area contributed by atoms with Crippen LogP contribution in [-0.4, -0.2) is 18.7 Å². The van der Waals surface area contributed by atoms with E-state index in [1.54, 1.807) is 0 Å². The number of azide groups is 1. The van der Waals surface area contributed by atoms with E-state index in [0.717, 1.165) is 25.7 Å². The van der Waals surface area contributed by atoms with Gasteiger partial charge >= 0.3 is 118 Å². The molecule has 0 bridgehead atoms. The quantitative estimate of drug-likeness (QED) is 0.259. The zero-order chi connectivity index (χ0) is 13.6. The summed E-state index contributed by atoms with van der Waals surface area (Å²) in [6, 6.07) is 0. The van der Waals surface area contributed by atoms with Gasteiger partial charge in [0.05, 0.1) is 0 Å². The van der Waals surface area contributed by atoms with E-state index in [4.69, 9.17) is 11.1 Å². The zero-order valence-electron chi connectivity index (χ0n) is 11.3. The molecule has 6 nitrogen and oxygen atoms in total. The molecule has 2 aliphatic rings. The van der Waals surface area contributed by atoms with Crippen LogP contribution in [0.1, 0.15) is 64.2 Å². The summed E-state index contributed by atoms with van der Waals surface area (Å²) in [4.78, 5) is 6.24. The molecule has 2 saturated carbocycles. The number of hydrogen-bond donors (Lipinski definition) is 0. The van der Waals surface area contributed by atoms with Gasteiger partial charge in [-0.05, 0) is 0 Å². The first kappa shape index (κ1) is 14.8. The van der Waals surface area contributed by atoms with Gasteiger partial charge in [-0.2, -0.15) is 0 Å². The van der Waals surface area contributed by atoms with Gasteiger partial charge in [-0.3, -0.25) is 0 Å². The van der Waals surface area contributed by atoms with Gasteiger partial charge in [0.15, 0.2) is 0 Å². The minimum atomic E-state index is -3.22. The van der Waals surface area contributed by atoms with Crippen molar-refractivity contribution < 1.29 is 0 Å². The van der Waals surface area contributed by atoms with Crippen LogP contribution in [0.4, 0.5) is 0 Å². The Morgan fingerprint density at radius 2 is 1.05 bits per heavy atom. The third-order valence-electron chi connectivity index (χ3n) is 4.42. The summed E-state index contributed by atoms with van der Waals surface area (Å²) in [5.41, 5.74) is 18.0. The molecule has 106 valence electrons. The number of hydrogen-bond acceptors (Lipinski definition) is 2. The summed E-state index contributed by atoms with van der Waals surface area (Å²) < 4.78 is 9.33. The van der Waals surface area contributed by atoms with Crippen molar-refractivity contribution in [1.82, 2.24) is 0 Å². The zero-order valence-corrected chi connectivity index (χ0v) is 13.6. The van der Waals surface area contributed by atoms with Gasteiger partial charge in [0, 0.05) is 0 Å². The molecule has 0 aromatic heterocycles. The monoisotopic (exact) mass is 380 g/mol. The van der Waals surface area contributed by atoms with Crippen LogP contribution < -0.4 is 0 Å². The van der Waals surface area contributed by atoms with Crippen molar-refractivity contribution in [3.05, 3.63) is 20.9 Å². The molecular weight excluding hydrogens is 356 g/mol. The Balaban J connectivity index is 2.32. The van der Waals surface area contributed by atoms with Gasteiger partial charge in [-0.15, -0.1) is 0 Å². The Labute approximate surface area is 118 Å². The van der Waals surface area contributed by atoms with Crippen LogP contribution in [0, 0.1) is 0 Å². The third-order valence-corrected chi connectivity index (χ3v) is 14.6. The van der Waals surface area contributed by atoms with Crippen molar-refractivity contribution in [2.24, 2.45) is 6.73 Å². The summed E-state index contributed by atoms with van der Waals surface area (Å²) in [5, 5.41) is 0. The van der Waals surface area contributed by atoms with Crippen LogP contribution in [0.3, 0.4) is 0 Å². The fraction of sp³-hybridized carbons (Fsp3) is 1.00. The summed E-state index contributed by atoms with van der Waals surface area (Å²) in [7, 11) is 0. The predicted octanol–water partition coefficient (Wildman–Crippen LogP) is 5.72. The van der Waals surface area contributed by atoms with Crippen LogP contribution in [0.25, 0.3) is 20.9 Å². The van der Waals surface area contributed by atoms with Crippen molar-refractivity contribution in [1.29, 1.82) is 0 Å². The molecule has 0 aromatic carbocycles. The summed E-state index contributed by atoms with van der Waals surface area (Å²) in [6.07, 6.45) is 11.8. The Morgan fingerprint density at radius 3 is 1.37 bits per heavy atom. The standard InChI is InChI=1S/C12H22N6Te/c13-15-17-19(18-16-14,11-7-3-1-4-8-11)12-9-5-2-6-10-12/h11-12H,1-10H2. The molecule has 0 aliphatic heterocycles. The van der Waals surface area contributed by atoms with Gasteiger partial charge < -0.3 is 0 Å². The van der Waals surface area contributed by atoms with Gasteiger partial charge in [0.25, 0.3) is 0 Å². The Morgan fingerprint density at radius 1 is 0.684 bits per heavy atom. The summed E-state index contributed by atoms with van der Waals surface area (Å²) in [5.74, 6) is 0. The van der Waals surface area contributed by atoms with Gasteiger partial charge in [0.1, 0.15) is 0 Å². The van der Waals surface area contributed by atoms with E-state index in [-0.39, 0.29) is 0 Å². The van der Waals surface area contributed by atoms with Crippen LogP contribution in [0.15, 0.2) is 6.73 Å². The summed E-state index contributed by atoms with van der Waals surface area (Å²) >= 11 is -3.22. The van der Waals surface area contributed by atoms with Crippen LogP contribution in [0.2, 0.25) is 7.93 Å². The second kappa shape index (κ2) is 7.26. The molecule has 2 aliphatic carbocycles. The SMILES string of the molecule is [N-]=[N+]=N[Te](N=[N+]=[N-])(C1CCCCC1)C1CCCCC1. The van der Waals surface area contributed by atoms with Gasteiger partial charge in [-0.25, -0.2) is 0 Å². The third kappa shape index (κ3) is 3.30. The van der Waals surface area contributed by atoms with E-state index in [0.29, 0.717) is 7.93 Å². The summed E-state index contributed by atoms with van der Waals surface area (Å²) in [6.45, 7) is 0. The number of rotatable bonds is 4. The van der Waals surface area contributed by atoms with Crippen molar-refractivity contribution >= 4 is 18.7 Å². The molecule has 0 saturated heterocycles. The van der Waals surface area contributed by atoms with E-state index < -0.39 is 18.7 Å². The normalized spacial score (nSPS) is 23.2. The van der Waals surface area contributed by atoms with Gasteiger partial charge in [0.2, 0.25) is 0 Å². The van der Waals surface area contributed by atoms with E-state index in [2.05, 4.69) is 16.6 Å². The average molecular weight is 378 g/mol. The van der Waals surface area contributed by atoms with Crippen molar-refractivity contribution in [2.75, 3.05) is 0 Å². The molecule has 7 heteroatoms. The van der Waals surface area contributed by atoms with E-state index in [9.17, 15) is 0 Å². The van der Waals surface area contributed by atoms with Crippen LogP contribution in [0.5, 0.6) is 0 Å². The van der Waals surface area contributed by atoms with Crippen molar-refractivity contribution in [3.8, 4) is 0 Å². The molecule has 0 heterocycles.